The molecule has 0 aromatic heterocycles. The van der Waals surface area contributed by atoms with Crippen LogP contribution in [-0.4, -0.2) is 19.9 Å². The van der Waals surface area contributed by atoms with E-state index < -0.39 is 0 Å². The third-order valence-electron chi connectivity index (χ3n) is 8.25. The van der Waals surface area contributed by atoms with Crippen LogP contribution in [0.2, 0.25) is 0 Å². The molecule has 0 saturated carbocycles. The fourth-order valence-electron chi connectivity index (χ4n) is 5.98. The quantitative estimate of drug-likeness (QED) is 0.102. The molecule has 1 aliphatic heterocycles. The summed E-state index contributed by atoms with van der Waals surface area (Å²) in [5.41, 5.74) is 9.16. The summed E-state index contributed by atoms with van der Waals surface area (Å²) in [6.45, 7) is 10.8. The Morgan fingerprint density at radius 3 is 1.44 bits per heavy atom. The van der Waals surface area contributed by atoms with Crippen LogP contribution in [0.3, 0.4) is 0 Å². The molecule has 0 N–H and O–H groups in total. The molecule has 0 atom stereocenters. The van der Waals surface area contributed by atoms with Crippen molar-refractivity contribution < 1.29 is 9.47 Å². The first kappa shape index (κ1) is 29.3. The largest absolute Gasteiger partial charge is 0.493 e. The van der Waals surface area contributed by atoms with Crippen LogP contribution in [0.5, 0.6) is 11.5 Å². The van der Waals surface area contributed by atoms with Gasteiger partial charge in [0.1, 0.15) is 11.5 Å². The molecular formula is C36H49BO2. The fourth-order valence-corrected chi connectivity index (χ4v) is 5.98. The van der Waals surface area contributed by atoms with E-state index in [4.69, 9.17) is 9.47 Å². The van der Waals surface area contributed by atoms with Crippen molar-refractivity contribution in [1.82, 2.24) is 0 Å². The molecule has 1 heterocycles. The maximum atomic E-state index is 6.37. The molecule has 0 amide bonds. The van der Waals surface area contributed by atoms with Gasteiger partial charge in [0.15, 0.2) is 0 Å². The minimum atomic E-state index is 0.244. The predicted octanol–water partition coefficient (Wildman–Crippen LogP) is 8.28. The van der Waals surface area contributed by atoms with E-state index in [9.17, 15) is 0 Å². The molecule has 0 radical (unpaired) electrons. The zero-order valence-electron chi connectivity index (χ0n) is 25.0. The smallest absolute Gasteiger partial charge is 0.242 e. The second-order valence-electron chi connectivity index (χ2n) is 11.5. The van der Waals surface area contributed by atoms with Crippen LogP contribution in [0.1, 0.15) is 102 Å². The molecule has 1 aliphatic rings. The van der Waals surface area contributed by atoms with Crippen molar-refractivity contribution in [1.29, 1.82) is 0 Å². The molecule has 0 saturated heterocycles. The zero-order valence-corrected chi connectivity index (χ0v) is 25.0. The lowest BCUT2D eigenvalue weighted by Gasteiger charge is -2.14. The monoisotopic (exact) mass is 524 g/mol. The van der Waals surface area contributed by atoms with Gasteiger partial charge < -0.3 is 9.47 Å². The van der Waals surface area contributed by atoms with Crippen LogP contribution in [0.4, 0.5) is 0 Å². The van der Waals surface area contributed by atoms with Gasteiger partial charge in [-0.1, -0.05) is 137 Å². The number of hydrogen-bond acceptors (Lipinski definition) is 2. The zero-order chi connectivity index (χ0) is 27.5. The highest BCUT2D eigenvalue weighted by molar-refractivity contribution is 6.99. The minimum Gasteiger partial charge on any atom is -0.493 e. The Morgan fingerprint density at radius 2 is 0.974 bits per heavy atom. The molecule has 0 bridgehead atoms. The number of hydrogen-bond donors (Lipinski definition) is 0. The Hall–Kier alpha value is -2.68. The van der Waals surface area contributed by atoms with E-state index in [1.165, 1.54) is 103 Å². The van der Waals surface area contributed by atoms with Crippen molar-refractivity contribution in [3.63, 3.8) is 0 Å². The summed E-state index contributed by atoms with van der Waals surface area (Å²) in [4.78, 5) is 0. The van der Waals surface area contributed by atoms with Crippen LogP contribution in [0.15, 0.2) is 54.6 Å². The van der Waals surface area contributed by atoms with E-state index in [2.05, 4.69) is 82.3 Å². The van der Waals surface area contributed by atoms with Crippen LogP contribution in [0.25, 0.3) is 11.1 Å². The standard InChI is InChI=1S/C36H49BO2/c1-5-7-9-11-13-18-22-38-35-26-31-32-27-36(39-23-19-14-12-10-8-6-2)29(4)25-34(32)37(33(31)24-28(35)3)30-20-16-15-17-21-30/h15-17,20-21,24-27H,5-14,18-19,22-23H2,1-4H3. The lowest BCUT2D eigenvalue weighted by atomic mass is 9.39. The molecule has 3 aromatic carbocycles. The summed E-state index contributed by atoms with van der Waals surface area (Å²) in [6.07, 6.45) is 15.3. The van der Waals surface area contributed by atoms with Gasteiger partial charge in [-0.15, -0.1) is 0 Å². The Balaban J connectivity index is 1.54. The van der Waals surface area contributed by atoms with Gasteiger partial charge in [0, 0.05) is 0 Å². The lowest BCUT2D eigenvalue weighted by molar-refractivity contribution is 0.302. The second-order valence-corrected chi connectivity index (χ2v) is 11.5. The van der Waals surface area contributed by atoms with Crippen molar-refractivity contribution in [3.05, 3.63) is 65.7 Å². The van der Waals surface area contributed by atoms with Crippen LogP contribution < -0.4 is 25.9 Å². The van der Waals surface area contributed by atoms with E-state index in [0.29, 0.717) is 0 Å². The minimum absolute atomic E-state index is 0.244. The van der Waals surface area contributed by atoms with Gasteiger partial charge in [0.05, 0.1) is 13.2 Å². The van der Waals surface area contributed by atoms with Gasteiger partial charge in [-0.2, -0.15) is 0 Å². The average Bonchev–Trinajstić information content (AvgIpc) is 3.24. The highest BCUT2D eigenvalue weighted by Gasteiger charge is 2.35. The van der Waals surface area contributed by atoms with E-state index in [1.54, 1.807) is 0 Å². The van der Waals surface area contributed by atoms with Crippen molar-refractivity contribution in [3.8, 4) is 22.6 Å². The molecular weight excluding hydrogens is 475 g/mol. The summed E-state index contributed by atoms with van der Waals surface area (Å²) < 4.78 is 12.7. The highest BCUT2D eigenvalue weighted by Crippen LogP contribution is 2.33. The van der Waals surface area contributed by atoms with Crippen molar-refractivity contribution in [2.75, 3.05) is 13.2 Å². The third-order valence-corrected chi connectivity index (χ3v) is 8.25. The Morgan fingerprint density at radius 1 is 0.538 bits per heavy atom. The lowest BCUT2D eigenvalue weighted by Crippen LogP contribution is -2.49. The molecule has 3 aromatic rings. The molecule has 4 rings (SSSR count). The Labute approximate surface area is 238 Å². The van der Waals surface area contributed by atoms with E-state index in [1.807, 2.05) is 0 Å². The van der Waals surface area contributed by atoms with Gasteiger partial charge in [-0.25, -0.2) is 0 Å². The summed E-state index contributed by atoms with van der Waals surface area (Å²) in [6, 6.07) is 20.3. The number of ether oxygens (including phenoxy) is 2. The first-order chi connectivity index (χ1) is 19.1. The van der Waals surface area contributed by atoms with Crippen molar-refractivity contribution >= 4 is 23.1 Å². The SMILES string of the molecule is CCCCCCCCOc1cc2c(cc1C)B(c1ccccc1)c1cc(C)c(OCCCCCCCC)cc1-2. The predicted molar refractivity (Wildman–Crippen MR) is 170 cm³/mol. The topological polar surface area (TPSA) is 18.5 Å². The Kier molecular flexibility index (Phi) is 11.4. The van der Waals surface area contributed by atoms with Crippen LogP contribution >= 0.6 is 0 Å². The van der Waals surface area contributed by atoms with Crippen LogP contribution in [0, 0.1) is 13.8 Å². The molecule has 0 aliphatic carbocycles. The molecule has 0 fully saturated rings. The van der Waals surface area contributed by atoms with Gasteiger partial charge in [-0.05, 0) is 61.1 Å². The number of unbranched alkanes of at least 4 members (excludes halogenated alkanes) is 10. The molecule has 2 nitrogen and oxygen atoms in total. The first-order valence-electron chi connectivity index (χ1n) is 15.7. The molecule has 39 heavy (non-hydrogen) atoms. The van der Waals surface area contributed by atoms with Crippen molar-refractivity contribution in [2.45, 2.75) is 105 Å². The van der Waals surface area contributed by atoms with Gasteiger partial charge in [0.2, 0.25) is 6.71 Å². The average molecular weight is 525 g/mol. The number of benzene rings is 3. The van der Waals surface area contributed by atoms with Gasteiger partial charge in [-0.3, -0.25) is 0 Å². The number of rotatable bonds is 17. The van der Waals surface area contributed by atoms with Gasteiger partial charge >= 0.3 is 0 Å². The normalized spacial score (nSPS) is 11.9. The van der Waals surface area contributed by atoms with E-state index >= 15 is 0 Å². The summed E-state index contributed by atoms with van der Waals surface area (Å²) in [5, 5.41) is 0. The maximum Gasteiger partial charge on any atom is 0.242 e. The summed E-state index contributed by atoms with van der Waals surface area (Å²) in [5.74, 6) is 2.05. The Bertz CT molecular complexity index is 1100. The first-order valence-corrected chi connectivity index (χ1v) is 15.7. The summed E-state index contributed by atoms with van der Waals surface area (Å²) >= 11 is 0. The van der Waals surface area contributed by atoms with E-state index in [-0.39, 0.29) is 6.71 Å². The molecule has 3 heteroatoms. The van der Waals surface area contributed by atoms with Gasteiger partial charge in [0.25, 0.3) is 0 Å². The fraction of sp³-hybridized carbons (Fsp3) is 0.500. The number of aryl methyl sites for hydroxylation is 2. The maximum absolute atomic E-state index is 6.37. The molecule has 208 valence electrons. The second kappa shape index (κ2) is 15.2. The van der Waals surface area contributed by atoms with Crippen molar-refractivity contribution in [2.24, 2.45) is 0 Å². The summed E-state index contributed by atoms with van der Waals surface area (Å²) in [7, 11) is 0. The van der Waals surface area contributed by atoms with Crippen LogP contribution in [-0.2, 0) is 0 Å². The molecule has 0 unspecified atom stereocenters. The molecule has 0 spiro atoms. The number of fused-ring (bicyclic) bond motifs is 3. The highest BCUT2D eigenvalue weighted by atomic mass is 16.5. The van der Waals surface area contributed by atoms with E-state index in [0.717, 1.165) is 37.6 Å². The third kappa shape index (κ3) is 7.71.